The molecular formula is C18H19N3O5. The van der Waals surface area contributed by atoms with Gasteiger partial charge in [0.2, 0.25) is 5.91 Å². The van der Waals surface area contributed by atoms with Crippen molar-refractivity contribution in [3.05, 3.63) is 68.6 Å². The Balaban J connectivity index is 1.76. The lowest BCUT2D eigenvalue weighted by molar-refractivity contribution is -0.385. The number of carbonyl (C=O) groups is 1. The van der Waals surface area contributed by atoms with Crippen LogP contribution in [0.15, 0.2) is 47.4 Å². The molecule has 0 bridgehead atoms. The van der Waals surface area contributed by atoms with Crippen molar-refractivity contribution in [2.75, 3.05) is 7.11 Å². The zero-order valence-electron chi connectivity index (χ0n) is 14.3. The van der Waals surface area contributed by atoms with Gasteiger partial charge >= 0.3 is 0 Å². The molecule has 0 aliphatic heterocycles. The van der Waals surface area contributed by atoms with E-state index in [-0.39, 0.29) is 24.2 Å². The molecule has 1 amide bonds. The van der Waals surface area contributed by atoms with E-state index in [4.69, 9.17) is 4.74 Å². The quantitative estimate of drug-likeness (QED) is 0.558. The van der Waals surface area contributed by atoms with Crippen LogP contribution in [-0.2, 0) is 17.9 Å². The van der Waals surface area contributed by atoms with Crippen molar-refractivity contribution in [1.29, 1.82) is 0 Å². The number of hydrogen-bond donors (Lipinski definition) is 0. The molecule has 8 nitrogen and oxygen atoms in total. The third-order valence-electron chi connectivity index (χ3n) is 4.30. The van der Waals surface area contributed by atoms with Gasteiger partial charge in [-0.25, -0.2) is 0 Å². The monoisotopic (exact) mass is 357 g/mol. The number of carbonyl (C=O) groups excluding carboxylic acids is 1. The minimum atomic E-state index is -0.587. The maximum Gasteiger partial charge on any atom is 0.285 e. The number of benzene rings is 1. The molecule has 1 aliphatic carbocycles. The van der Waals surface area contributed by atoms with Crippen LogP contribution in [0.1, 0.15) is 18.4 Å². The third-order valence-corrected chi connectivity index (χ3v) is 4.30. The summed E-state index contributed by atoms with van der Waals surface area (Å²) in [6, 6.07) is 9.84. The second-order valence-electron chi connectivity index (χ2n) is 6.21. The molecule has 0 atom stereocenters. The van der Waals surface area contributed by atoms with E-state index in [2.05, 4.69) is 0 Å². The Bertz CT molecular complexity index is 871. The van der Waals surface area contributed by atoms with Gasteiger partial charge in [0, 0.05) is 24.7 Å². The summed E-state index contributed by atoms with van der Waals surface area (Å²) in [6.07, 6.45) is 2.95. The van der Waals surface area contributed by atoms with Gasteiger partial charge < -0.3 is 9.64 Å². The number of aromatic nitrogens is 1. The average Bonchev–Trinajstić information content (AvgIpc) is 3.46. The normalized spacial score (nSPS) is 13.3. The standard InChI is InChI=1S/C18H19N3O5/c1-26-16-7-2-13(3-8-16)10-20(14-4-5-14)18(23)12-19-11-15(21(24)25)6-9-17(19)22/h2-3,6-9,11,14H,4-5,10,12H2,1H3. The fraction of sp³-hybridized carbons (Fsp3) is 0.333. The Labute approximate surface area is 149 Å². The summed E-state index contributed by atoms with van der Waals surface area (Å²) in [5.41, 5.74) is 0.298. The van der Waals surface area contributed by atoms with Crippen LogP contribution in [0, 0.1) is 10.1 Å². The molecule has 1 aromatic carbocycles. The average molecular weight is 357 g/mol. The Morgan fingerprint density at radius 2 is 1.96 bits per heavy atom. The highest BCUT2D eigenvalue weighted by Gasteiger charge is 2.32. The smallest absolute Gasteiger partial charge is 0.285 e. The molecule has 0 N–H and O–H groups in total. The van der Waals surface area contributed by atoms with E-state index in [1.54, 1.807) is 12.0 Å². The van der Waals surface area contributed by atoms with Crippen LogP contribution in [0.5, 0.6) is 5.75 Å². The number of methoxy groups -OCH3 is 1. The van der Waals surface area contributed by atoms with Crippen LogP contribution in [0.4, 0.5) is 5.69 Å². The summed E-state index contributed by atoms with van der Waals surface area (Å²) in [7, 11) is 1.59. The van der Waals surface area contributed by atoms with E-state index >= 15 is 0 Å². The molecule has 1 aliphatic rings. The van der Waals surface area contributed by atoms with E-state index in [1.807, 2.05) is 24.3 Å². The number of rotatable bonds is 7. The second kappa shape index (κ2) is 7.38. The molecule has 1 saturated carbocycles. The van der Waals surface area contributed by atoms with Gasteiger partial charge in [0.05, 0.1) is 18.2 Å². The molecule has 2 aromatic rings. The van der Waals surface area contributed by atoms with E-state index in [1.165, 1.54) is 0 Å². The summed E-state index contributed by atoms with van der Waals surface area (Å²) < 4.78 is 6.22. The molecule has 8 heteroatoms. The van der Waals surface area contributed by atoms with Gasteiger partial charge in [0.25, 0.3) is 11.2 Å². The number of pyridine rings is 1. The minimum absolute atomic E-state index is 0.152. The number of ether oxygens (including phenoxy) is 1. The summed E-state index contributed by atoms with van der Waals surface area (Å²) >= 11 is 0. The molecule has 136 valence electrons. The molecule has 0 saturated heterocycles. The summed E-state index contributed by atoms with van der Waals surface area (Å²) in [5, 5.41) is 10.9. The van der Waals surface area contributed by atoms with Gasteiger partial charge in [0.15, 0.2) is 0 Å². The van der Waals surface area contributed by atoms with E-state index in [9.17, 15) is 19.7 Å². The van der Waals surface area contributed by atoms with Gasteiger partial charge in [-0.2, -0.15) is 0 Å². The summed E-state index contributed by atoms with van der Waals surface area (Å²) in [4.78, 5) is 36.7. The maximum atomic E-state index is 12.7. The highest BCUT2D eigenvalue weighted by Crippen LogP contribution is 2.29. The molecule has 0 unspecified atom stereocenters. The Kier molecular flexibility index (Phi) is 5.01. The first-order chi connectivity index (χ1) is 12.5. The Hall–Kier alpha value is -3.16. The predicted molar refractivity (Wildman–Crippen MR) is 93.9 cm³/mol. The van der Waals surface area contributed by atoms with Crippen LogP contribution >= 0.6 is 0 Å². The van der Waals surface area contributed by atoms with E-state index in [0.717, 1.165) is 47.1 Å². The fourth-order valence-corrected chi connectivity index (χ4v) is 2.72. The highest BCUT2D eigenvalue weighted by atomic mass is 16.6. The number of hydrogen-bond acceptors (Lipinski definition) is 5. The van der Waals surface area contributed by atoms with Crippen molar-refractivity contribution in [1.82, 2.24) is 9.47 Å². The number of amides is 1. The molecular weight excluding hydrogens is 338 g/mol. The van der Waals surface area contributed by atoms with Gasteiger partial charge in [0.1, 0.15) is 12.3 Å². The van der Waals surface area contributed by atoms with Crippen molar-refractivity contribution < 1.29 is 14.5 Å². The Morgan fingerprint density at radius 1 is 1.27 bits per heavy atom. The molecule has 26 heavy (non-hydrogen) atoms. The van der Waals surface area contributed by atoms with Crippen LogP contribution in [0.25, 0.3) is 0 Å². The van der Waals surface area contributed by atoms with Crippen molar-refractivity contribution in [3.63, 3.8) is 0 Å². The maximum absolute atomic E-state index is 12.7. The zero-order chi connectivity index (χ0) is 18.7. The van der Waals surface area contributed by atoms with Gasteiger partial charge in [-0.05, 0) is 30.5 Å². The predicted octanol–water partition coefficient (Wildman–Crippen LogP) is 1.96. The lowest BCUT2D eigenvalue weighted by atomic mass is 10.2. The molecule has 1 fully saturated rings. The lowest BCUT2D eigenvalue weighted by Gasteiger charge is -2.23. The molecule has 1 heterocycles. The van der Waals surface area contributed by atoms with Gasteiger partial charge in [-0.1, -0.05) is 12.1 Å². The van der Waals surface area contributed by atoms with Crippen LogP contribution in [-0.4, -0.2) is 33.4 Å². The molecule has 3 rings (SSSR count). The SMILES string of the molecule is COc1ccc(CN(C(=O)Cn2cc([N+](=O)[O-])ccc2=O)C2CC2)cc1. The molecule has 0 radical (unpaired) electrons. The van der Waals surface area contributed by atoms with Crippen LogP contribution in [0.3, 0.4) is 0 Å². The first-order valence-corrected chi connectivity index (χ1v) is 8.25. The third kappa shape index (κ3) is 4.08. The number of nitrogens with zero attached hydrogens (tertiary/aromatic N) is 3. The van der Waals surface area contributed by atoms with E-state index < -0.39 is 10.5 Å². The first-order valence-electron chi connectivity index (χ1n) is 8.25. The minimum Gasteiger partial charge on any atom is -0.497 e. The molecule has 1 aromatic heterocycles. The van der Waals surface area contributed by atoms with Crippen molar-refractivity contribution in [2.45, 2.75) is 32.0 Å². The van der Waals surface area contributed by atoms with Crippen molar-refractivity contribution in [3.8, 4) is 5.75 Å². The summed E-state index contributed by atoms with van der Waals surface area (Å²) in [5.74, 6) is 0.507. The van der Waals surface area contributed by atoms with Crippen LogP contribution < -0.4 is 10.3 Å². The van der Waals surface area contributed by atoms with Crippen LogP contribution in [0.2, 0.25) is 0 Å². The van der Waals surface area contributed by atoms with E-state index in [0.29, 0.717) is 6.54 Å². The zero-order valence-corrected chi connectivity index (χ0v) is 14.3. The topological polar surface area (TPSA) is 94.7 Å². The summed E-state index contributed by atoms with van der Waals surface area (Å²) in [6.45, 7) is 0.213. The van der Waals surface area contributed by atoms with Gasteiger partial charge in [-0.15, -0.1) is 0 Å². The highest BCUT2D eigenvalue weighted by molar-refractivity contribution is 5.76. The van der Waals surface area contributed by atoms with Crippen molar-refractivity contribution >= 4 is 11.6 Å². The second-order valence-corrected chi connectivity index (χ2v) is 6.21. The Morgan fingerprint density at radius 3 is 2.54 bits per heavy atom. The van der Waals surface area contributed by atoms with Crippen molar-refractivity contribution in [2.24, 2.45) is 0 Å². The lowest BCUT2D eigenvalue weighted by Crippen LogP contribution is -2.37. The fourth-order valence-electron chi connectivity index (χ4n) is 2.72. The first kappa shape index (κ1) is 17.7. The molecule has 0 spiro atoms. The number of nitro groups is 1. The largest absolute Gasteiger partial charge is 0.497 e. The van der Waals surface area contributed by atoms with Gasteiger partial charge in [-0.3, -0.25) is 24.3 Å².